The molecule has 6 heteroatoms. The van der Waals surface area contributed by atoms with Crippen molar-refractivity contribution in [3.8, 4) is 0 Å². The average molecular weight is 1130 g/mol. The van der Waals surface area contributed by atoms with E-state index in [0.29, 0.717) is 19.3 Å². The molecule has 0 saturated carbocycles. The van der Waals surface area contributed by atoms with Crippen LogP contribution in [-0.2, 0) is 28.6 Å². The molecule has 0 aliphatic carbocycles. The fourth-order valence-corrected chi connectivity index (χ4v) is 10.2. The molecule has 0 fully saturated rings. The van der Waals surface area contributed by atoms with Crippen molar-refractivity contribution in [1.82, 2.24) is 0 Å². The van der Waals surface area contributed by atoms with E-state index in [9.17, 15) is 14.4 Å². The van der Waals surface area contributed by atoms with E-state index in [-0.39, 0.29) is 31.1 Å². The summed E-state index contributed by atoms with van der Waals surface area (Å²) in [6, 6.07) is 0. The van der Waals surface area contributed by atoms with Crippen molar-refractivity contribution in [3.63, 3.8) is 0 Å². The van der Waals surface area contributed by atoms with E-state index in [1.807, 2.05) is 0 Å². The summed E-state index contributed by atoms with van der Waals surface area (Å²) in [5.41, 5.74) is 0. The van der Waals surface area contributed by atoms with Crippen molar-refractivity contribution in [3.05, 3.63) is 85.1 Å². The maximum Gasteiger partial charge on any atom is 0.306 e. The highest BCUT2D eigenvalue weighted by Gasteiger charge is 2.19. The first-order valence-electron chi connectivity index (χ1n) is 35.1. The second kappa shape index (κ2) is 69.1. The van der Waals surface area contributed by atoms with Crippen molar-refractivity contribution in [2.24, 2.45) is 0 Å². The SMILES string of the molecule is CC/C=C\C/C=C\C/C=C\C/C=C\C/C=C\CCCCCCCCCCCCCCCC(=O)OCC(COC(=O)CCCCCCCCCCCCCCCCCCC)OC(=O)CCCCCCCCC/C=C\C/C=C\CCCCC. The molecule has 0 saturated heterocycles. The van der Waals surface area contributed by atoms with E-state index in [1.54, 1.807) is 0 Å². The molecule has 0 radical (unpaired) electrons. The molecule has 1 atom stereocenters. The Balaban J connectivity index is 4.28. The van der Waals surface area contributed by atoms with Crippen LogP contribution in [0.2, 0.25) is 0 Å². The van der Waals surface area contributed by atoms with Crippen LogP contribution >= 0.6 is 0 Å². The minimum Gasteiger partial charge on any atom is -0.462 e. The van der Waals surface area contributed by atoms with Crippen LogP contribution in [0.1, 0.15) is 355 Å². The lowest BCUT2D eigenvalue weighted by Gasteiger charge is -2.18. The molecule has 1 unspecified atom stereocenters. The molecule has 6 nitrogen and oxygen atoms in total. The molecule has 0 rings (SSSR count). The zero-order chi connectivity index (χ0) is 58.5. The Morgan fingerprint density at radius 2 is 0.481 bits per heavy atom. The molecule has 81 heavy (non-hydrogen) atoms. The Labute approximate surface area is 503 Å². The summed E-state index contributed by atoms with van der Waals surface area (Å²) in [6.07, 6.45) is 91.7. The number of hydrogen-bond acceptors (Lipinski definition) is 6. The molecule has 0 aromatic carbocycles. The molecule has 0 aromatic heterocycles. The van der Waals surface area contributed by atoms with Gasteiger partial charge in [-0.25, -0.2) is 0 Å². The lowest BCUT2D eigenvalue weighted by Crippen LogP contribution is -2.30. The van der Waals surface area contributed by atoms with Crippen molar-refractivity contribution < 1.29 is 28.6 Å². The third kappa shape index (κ3) is 67.3. The van der Waals surface area contributed by atoms with E-state index in [2.05, 4.69) is 106 Å². The van der Waals surface area contributed by atoms with Gasteiger partial charge in [0.2, 0.25) is 0 Å². The van der Waals surface area contributed by atoms with E-state index >= 15 is 0 Å². The Bertz CT molecular complexity index is 1530. The molecule has 0 amide bonds. The molecule has 0 aliphatic heterocycles. The van der Waals surface area contributed by atoms with Crippen molar-refractivity contribution in [1.29, 1.82) is 0 Å². The Hall–Kier alpha value is -3.41. The summed E-state index contributed by atoms with van der Waals surface area (Å²) >= 11 is 0. The summed E-state index contributed by atoms with van der Waals surface area (Å²) in [6.45, 7) is 6.55. The van der Waals surface area contributed by atoms with Crippen molar-refractivity contribution in [2.75, 3.05) is 13.2 Å². The molecule has 0 N–H and O–H groups in total. The first-order chi connectivity index (χ1) is 40.0. The van der Waals surface area contributed by atoms with Gasteiger partial charge in [-0.05, 0) is 96.3 Å². The number of allylic oxidation sites excluding steroid dienone is 14. The van der Waals surface area contributed by atoms with Gasteiger partial charge in [0, 0.05) is 19.3 Å². The van der Waals surface area contributed by atoms with Gasteiger partial charge in [0.05, 0.1) is 0 Å². The Morgan fingerprint density at radius 1 is 0.259 bits per heavy atom. The minimum absolute atomic E-state index is 0.0752. The quantitative estimate of drug-likeness (QED) is 0.0261. The highest BCUT2D eigenvalue weighted by atomic mass is 16.6. The van der Waals surface area contributed by atoms with Gasteiger partial charge in [0.1, 0.15) is 13.2 Å². The lowest BCUT2D eigenvalue weighted by atomic mass is 10.0. The van der Waals surface area contributed by atoms with Gasteiger partial charge in [-0.2, -0.15) is 0 Å². The lowest BCUT2D eigenvalue weighted by molar-refractivity contribution is -0.167. The van der Waals surface area contributed by atoms with Gasteiger partial charge in [-0.1, -0.05) is 324 Å². The molecular formula is C75H132O6. The Morgan fingerprint density at radius 3 is 0.778 bits per heavy atom. The highest BCUT2D eigenvalue weighted by molar-refractivity contribution is 5.71. The molecule has 468 valence electrons. The van der Waals surface area contributed by atoms with Gasteiger partial charge in [0.25, 0.3) is 0 Å². The Kier molecular flexibility index (Phi) is 66.2. The number of carbonyl (C=O) groups excluding carboxylic acids is 3. The van der Waals surface area contributed by atoms with Crippen LogP contribution < -0.4 is 0 Å². The smallest absolute Gasteiger partial charge is 0.306 e. The van der Waals surface area contributed by atoms with Crippen molar-refractivity contribution >= 4 is 17.9 Å². The summed E-state index contributed by atoms with van der Waals surface area (Å²) in [7, 11) is 0. The fraction of sp³-hybridized carbons (Fsp3) is 0.773. The normalized spacial score (nSPS) is 12.6. The average Bonchev–Trinajstić information content (AvgIpc) is 3.47. The second-order valence-electron chi connectivity index (χ2n) is 23.4. The third-order valence-corrected chi connectivity index (χ3v) is 15.4. The van der Waals surface area contributed by atoms with Gasteiger partial charge in [-0.3, -0.25) is 14.4 Å². The number of rotatable bonds is 64. The number of carbonyl (C=O) groups is 3. The van der Waals surface area contributed by atoms with Crippen molar-refractivity contribution in [2.45, 2.75) is 361 Å². The van der Waals surface area contributed by atoms with Crippen LogP contribution in [0.15, 0.2) is 85.1 Å². The van der Waals surface area contributed by atoms with Crippen LogP contribution in [-0.4, -0.2) is 37.2 Å². The zero-order valence-electron chi connectivity index (χ0n) is 53.8. The van der Waals surface area contributed by atoms with Gasteiger partial charge in [0.15, 0.2) is 6.10 Å². The summed E-state index contributed by atoms with van der Waals surface area (Å²) in [4.78, 5) is 38.4. The topological polar surface area (TPSA) is 78.9 Å². The second-order valence-corrected chi connectivity index (χ2v) is 23.4. The number of esters is 3. The maximum absolute atomic E-state index is 12.9. The van der Waals surface area contributed by atoms with Crippen LogP contribution in [0.3, 0.4) is 0 Å². The predicted octanol–water partition coefficient (Wildman–Crippen LogP) is 24.2. The number of hydrogen-bond donors (Lipinski definition) is 0. The van der Waals surface area contributed by atoms with E-state index in [1.165, 1.54) is 212 Å². The summed E-state index contributed by atoms with van der Waals surface area (Å²) < 4.78 is 17.0. The molecule has 0 bridgehead atoms. The zero-order valence-corrected chi connectivity index (χ0v) is 53.8. The molecule has 0 spiro atoms. The van der Waals surface area contributed by atoms with Crippen LogP contribution in [0.5, 0.6) is 0 Å². The summed E-state index contributed by atoms with van der Waals surface area (Å²) in [5, 5.41) is 0. The maximum atomic E-state index is 12.9. The van der Waals surface area contributed by atoms with Crippen LogP contribution in [0, 0.1) is 0 Å². The largest absolute Gasteiger partial charge is 0.462 e. The molecule has 0 aliphatic rings. The van der Waals surface area contributed by atoms with E-state index in [0.717, 1.165) is 103 Å². The predicted molar refractivity (Wildman–Crippen MR) is 353 cm³/mol. The third-order valence-electron chi connectivity index (χ3n) is 15.4. The fourth-order valence-electron chi connectivity index (χ4n) is 10.2. The standard InChI is InChI=1S/C75H132O6/c1-4-7-10-13-16-19-22-25-28-31-32-33-34-35-36-37-38-39-40-41-42-45-47-50-53-56-59-62-65-68-74(77)80-71-72(81-75(78)69-66-63-60-57-54-51-48-44-30-27-24-21-18-15-12-9-6-3)70-79-73(76)67-64-61-58-55-52-49-46-43-29-26-23-20-17-14-11-8-5-2/h7,10,16,18-19,21,25,27-28,30,32-33,35-36,72H,4-6,8-9,11-15,17,20,22-24,26,29,31,34,37-71H2,1-3H3/b10-7-,19-16-,21-18-,28-25-,30-27-,33-32-,36-35-. The first kappa shape index (κ1) is 77.6. The summed E-state index contributed by atoms with van der Waals surface area (Å²) in [5.74, 6) is -0.864. The monoisotopic (exact) mass is 1130 g/mol. The molecular weight excluding hydrogens is 997 g/mol. The van der Waals surface area contributed by atoms with Gasteiger partial charge >= 0.3 is 17.9 Å². The molecule has 0 aromatic rings. The van der Waals surface area contributed by atoms with Crippen LogP contribution in [0.4, 0.5) is 0 Å². The van der Waals surface area contributed by atoms with E-state index in [4.69, 9.17) is 14.2 Å². The number of ether oxygens (including phenoxy) is 3. The number of unbranched alkanes of at least 4 members (excludes halogenated alkanes) is 39. The van der Waals surface area contributed by atoms with Gasteiger partial charge < -0.3 is 14.2 Å². The van der Waals surface area contributed by atoms with Gasteiger partial charge in [-0.15, -0.1) is 0 Å². The van der Waals surface area contributed by atoms with Crippen LogP contribution in [0.25, 0.3) is 0 Å². The molecule has 0 heterocycles. The van der Waals surface area contributed by atoms with E-state index < -0.39 is 6.10 Å². The highest BCUT2D eigenvalue weighted by Crippen LogP contribution is 2.18. The minimum atomic E-state index is -0.781. The first-order valence-corrected chi connectivity index (χ1v) is 35.1.